The Labute approximate surface area is 87.8 Å². The second kappa shape index (κ2) is 5.13. The summed E-state index contributed by atoms with van der Waals surface area (Å²) in [7, 11) is 0. The Bertz CT molecular complexity index is 166. The van der Waals surface area contributed by atoms with Crippen LogP contribution in [-0.2, 0) is 0 Å². The summed E-state index contributed by atoms with van der Waals surface area (Å²) in [5.41, 5.74) is 5.66. The van der Waals surface area contributed by atoms with E-state index in [0.717, 1.165) is 18.5 Å². The number of hydrogen-bond acceptors (Lipinski definition) is 2. The van der Waals surface area contributed by atoms with Crippen LogP contribution >= 0.6 is 0 Å². The third kappa shape index (κ3) is 2.48. The molecule has 0 aromatic rings. The summed E-state index contributed by atoms with van der Waals surface area (Å²) < 4.78 is 0. The number of likely N-dealkylation sites (tertiary alicyclic amines) is 1. The van der Waals surface area contributed by atoms with Gasteiger partial charge in [-0.2, -0.15) is 0 Å². The molecule has 2 N–H and O–H groups in total. The van der Waals surface area contributed by atoms with Crippen molar-refractivity contribution in [2.45, 2.75) is 51.0 Å². The molecular formula is C12H24N2. The van der Waals surface area contributed by atoms with E-state index in [4.69, 9.17) is 5.73 Å². The minimum absolute atomic E-state index is 0.878. The smallest absolute Gasteiger partial charge is 0.00953 e. The van der Waals surface area contributed by atoms with Crippen LogP contribution in [0.3, 0.4) is 0 Å². The summed E-state index contributed by atoms with van der Waals surface area (Å²) in [6.45, 7) is 3.57. The summed E-state index contributed by atoms with van der Waals surface area (Å²) >= 11 is 0. The Balaban J connectivity index is 1.83. The Morgan fingerprint density at radius 1 is 1.07 bits per heavy atom. The zero-order valence-corrected chi connectivity index (χ0v) is 9.25. The van der Waals surface area contributed by atoms with Gasteiger partial charge in [-0.15, -0.1) is 0 Å². The van der Waals surface area contributed by atoms with Crippen LogP contribution in [0.25, 0.3) is 0 Å². The average Bonchev–Trinajstić information content (AvgIpc) is 2.28. The summed E-state index contributed by atoms with van der Waals surface area (Å²) in [5.74, 6) is 0.892. The molecule has 0 spiro atoms. The molecule has 1 aliphatic heterocycles. The van der Waals surface area contributed by atoms with Gasteiger partial charge in [-0.25, -0.2) is 0 Å². The standard InChI is InChI=1S/C12H24N2/c13-8-7-11-4-1-2-9-14(10-11)12-5-3-6-12/h11-12H,1-10,13H2. The highest BCUT2D eigenvalue weighted by Crippen LogP contribution is 2.29. The van der Waals surface area contributed by atoms with Crippen molar-refractivity contribution in [2.75, 3.05) is 19.6 Å². The number of nitrogens with zero attached hydrogens (tertiary/aromatic N) is 1. The normalized spacial score (nSPS) is 31.1. The third-order valence-corrected chi connectivity index (χ3v) is 3.97. The van der Waals surface area contributed by atoms with E-state index in [1.807, 2.05) is 0 Å². The molecule has 2 nitrogen and oxygen atoms in total. The predicted octanol–water partition coefficient (Wildman–Crippen LogP) is 1.99. The molecule has 1 atom stereocenters. The minimum atomic E-state index is 0.878. The molecule has 0 aromatic carbocycles. The minimum Gasteiger partial charge on any atom is -0.330 e. The van der Waals surface area contributed by atoms with Gasteiger partial charge in [0.1, 0.15) is 0 Å². The predicted molar refractivity (Wildman–Crippen MR) is 60.2 cm³/mol. The molecule has 0 radical (unpaired) electrons. The zero-order chi connectivity index (χ0) is 9.80. The quantitative estimate of drug-likeness (QED) is 0.748. The highest BCUT2D eigenvalue weighted by molar-refractivity contribution is 4.83. The topological polar surface area (TPSA) is 29.3 Å². The van der Waals surface area contributed by atoms with E-state index >= 15 is 0 Å². The first-order valence-electron chi connectivity index (χ1n) is 6.34. The van der Waals surface area contributed by atoms with Gasteiger partial charge < -0.3 is 10.6 Å². The van der Waals surface area contributed by atoms with E-state index in [1.54, 1.807) is 0 Å². The van der Waals surface area contributed by atoms with Gasteiger partial charge in [0.05, 0.1) is 0 Å². The summed E-state index contributed by atoms with van der Waals surface area (Å²) in [6.07, 6.45) is 9.86. The van der Waals surface area contributed by atoms with Crippen molar-refractivity contribution in [1.29, 1.82) is 0 Å². The molecule has 0 aromatic heterocycles. The number of hydrogen-bond donors (Lipinski definition) is 1. The van der Waals surface area contributed by atoms with Gasteiger partial charge in [0.25, 0.3) is 0 Å². The van der Waals surface area contributed by atoms with Gasteiger partial charge in [0.15, 0.2) is 0 Å². The monoisotopic (exact) mass is 196 g/mol. The maximum atomic E-state index is 5.66. The maximum absolute atomic E-state index is 5.66. The molecule has 82 valence electrons. The van der Waals surface area contributed by atoms with Crippen molar-refractivity contribution in [1.82, 2.24) is 4.90 Å². The lowest BCUT2D eigenvalue weighted by Crippen LogP contribution is -2.42. The lowest BCUT2D eigenvalue weighted by molar-refractivity contribution is 0.115. The molecule has 1 heterocycles. The van der Waals surface area contributed by atoms with Crippen molar-refractivity contribution in [3.05, 3.63) is 0 Å². The van der Waals surface area contributed by atoms with Gasteiger partial charge in [0, 0.05) is 12.6 Å². The van der Waals surface area contributed by atoms with Crippen LogP contribution in [0.5, 0.6) is 0 Å². The maximum Gasteiger partial charge on any atom is 0.00953 e. The van der Waals surface area contributed by atoms with Crippen LogP contribution in [0, 0.1) is 5.92 Å². The fourth-order valence-electron chi connectivity index (χ4n) is 2.82. The van der Waals surface area contributed by atoms with Crippen LogP contribution in [0.2, 0.25) is 0 Å². The molecule has 2 fully saturated rings. The molecule has 1 saturated carbocycles. The van der Waals surface area contributed by atoms with Gasteiger partial charge in [0.2, 0.25) is 0 Å². The van der Waals surface area contributed by atoms with Gasteiger partial charge in [-0.1, -0.05) is 12.8 Å². The van der Waals surface area contributed by atoms with Crippen molar-refractivity contribution in [3.63, 3.8) is 0 Å². The van der Waals surface area contributed by atoms with Crippen LogP contribution < -0.4 is 5.73 Å². The molecule has 0 amide bonds. The zero-order valence-electron chi connectivity index (χ0n) is 9.25. The van der Waals surface area contributed by atoms with Crippen molar-refractivity contribution in [3.8, 4) is 0 Å². The highest BCUT2D eigenvalue weighted by atomic mass is 15.2. The Kier molecular flexibility index (Phi) is 3.82. The summed E-state index contributed by atoms with van der Waals surface area (Å²) in [5, 5.41) is 0. The summed E-state index contributed by atoms with van der Waals surface area (Å²) in [6, 6.07) is 0.938. The molecule has 2 aliphatic rings. The van der Waals surface area contributed by atoms with E-state index in [-0.39, 0.29) is 0 Å². The van der Waals surface area contributed by atoms with Crippen LogP contribution in [-0.4, -0.2) is 30.6 Å². The Hall–Kier alpha value is -0.0800. The third-order valence-electron chi connectivity index (χ3n) is 3.97. The van der Waals surface area contributed by atoms with Crippen molar-refractivity contribution < 1.29 is 0 Å². The molecule has 0 bridgehead atoms. The van der Waals surface area contributed by atoms with Gasteiger partial charge >= 0.3 is 0 Å². The van der Waals surface area contributed by atoms with Crippen LogP contribution in [0.15, 0.2) is 0 Å². The molecule has 2 rings (SSSR count). The van der Waals surface area contributed by atoms with E-state index < -0.39 is 0 Å². The van der Waals surface area contributed by atoms with E-state index in [0.29, 0.717) is 0 Å². The van der Waals surface area contributed by atoms with E-state index in [1.165, 1.54) is 58.0 Å². The lowest BCUT2D eigenvalue weighted by atomic mass is 9.90. The van der Waals surface area contributed by atoms with E-state index in [9.17, 15) is 0 Å². The fraction of sp³-hybridized carbons (Fsp3) is 1.00. The van der Waals surface area contributed by atoms with Crippen molar-refractivity contribution >= 4 is 0 Å². The second-order valence-electron chi connectivity index (χ2n) is 5.02. The molecule has 14 heavy (non-hydrogen) atoms. The molecular weight excluding hydrogens is 172 g/mol. The van der Waals surface area contributed by atoms with Crippen LogP contribution in [0.4, 0.5) is 0 Å². The second-order valence-corrected chi connectivity index (χ2v) is 5.02. The molecule has 1 saturated heterocycles. The SMILES string of the molecule is NCCC1CCCCN(C2CCC2)C1. The molecule has 1 unspecified atom stereocenters. The van der Waals surface area contributed by atoms with Gasteiger partial charge in [-0.05, 0) is 51.1 Å². The molecule has 1 aliphatic carbocycles. The first kappa shape index (κ1) is 10.4. The van der Waals surface area contributed by atoms with Crippen molar-refractivity contribution in [2.24, 2.45) is 11.7 Å². The number of rotatable bonds is 3. The first-order valence-corrected chi connectivity index (χ1v) is 6.34. The fourth-order valence-corrected chi connectivity index (χ4v) is 2.82. The van der Waals surface area contributed by atoms with E-state index in [2.05, 4.69) is 4.90 Å². The lowest BCUT2D eigenvalue weighted by Gasteiger charge is -2.38. The Morgan fingerprint density at radius 3 is 2.57 bits per heavy atom. The summed E-state index contributed by atoms with van der Waals surface area (Å²) in [4.78, 5) is 2.75. The Morgan fingerprint density at radius 2 is 1.93 bits per heavy atom. The average molecular weight is 196 g/mol. The number of nitrogens with two attached hydrogens (primary N) is 1. The highest BCUT2D eigenvalue weighted by Gasteiger charge is 2.27. The first-order chi connectivity index (χ1) is 6.90. The molecule has 2 heteroatoms. The largest absolute Gasteiger partial charge is 0.330 e. The van der Waals surface area contributed by atoms with Crippen LogP contribution in [0.1, 0.15) is 44.9 Å². The van der Waals surface area contributed by atoms with Gasteiger partial charge in [-0.3, -0.25) is 0 Å².